The van der Waals surface area contributed by atoms with Gasteiger partial charge in [-0.15, -0.1) is 0 Å². The molecule has 7 aromatic rings. The number of H-pyrrole nitrogens is 3. The Labute approximate surface area is 773 Å². The van der Waals surface area contributed by atoms with Crippen molar-refractivity contribution in [2.75, 3.05) is 64.0 Å². The third-order valence-corrected chi connectivity index (χ3v) is 33.3. The van der Waals surface area contributed by atoms with E-state index in [1.165, 1.54) is 78.0 Å². The number of aromatic amines is 3. The van der Waals surface area contributed by atoms with Crippen LogP contribution in [0.15, 0.2) is 82.0 Å². The minimum absolute atomic E-state index is 0.00186. The van der Waals surface area contributed by atoms with E-state index >= 15 is 9.46 Å². The molecule has 16 rings (SSSR count). The van der Waals surface area contributed by atoms with Crippen molar-refractivity contribution in [1.29, 1.82) is 0 Å². The number of nitrogen functional groups attached to an aromatic ring is 3. The molecule has 9 aliphatic heterocycles. The lowest BCUT2D eigenvalue weighted by atomic mass is 9.94. The van der Waals surface area contributed by atoms with E-state index in [0.29, 0.717) is 5.56 Å². The molecule has 53 nitrogen and oxygen atoms in total. The van der Waals surface area contributed by atoms with Gasteiger partial charge in [0.1, 0.15) is 147 Å². The summed E-state index contributed by atoms with van der Waals surface area (Å²) in [5.41, 5.74) is 5.93. The summed E-state index contributed by atoms with van der Waals surface area (Å²) in [7, 11) is 1.01. The molecule has 16 heterocycles. The van der Waals surface area contributed by atoms with Gasteiger partial charge >= 0.3 is 28.4 Å². The van der Waals surface area contributed by atoms with Crippen molar-refractivity contribution < 1.29 is 131 Å². The fourth-order valence-corrected chi connectivity index (χ4v) is 25.1. The first-order valence-corrected chi connectivity index (χ1v) is 55.1. The summed E-state index contributed by atoms with van der Waals surface area (Å²) in [6, 6.07) is 0. The molecule has 12 unspecified atom stereocenters. The fraction of sp³-hybridized carbons (Fsp3) is 0.627. The number of anilines is 3. The van der Waals surface area contributed by atoms with Gasteiger partial charge in [-0.3, -0.25) is 61.3 Å². The number of hydrogen-bond acceptors (Lipinski definition) is 50. The number of aryl methyl sites for hydroxylation is 5. The van der Waals surface area contributed by atoms with E-state index in [2.05, 4.69) is 39.9 Å². The highest BCUT2D eigenvalue weighted by molar-refractivity contribution is 8.32. The van der Waals surface area contributed by atoms with Gasteiger partial charge < -0.3 is 156 Å². The van der Waals surface area contributed by atoms with Crippen LogP contribution in [0.3, 0.4) is 0 Å². The van der Waals surface area contributed by atoms with Crippen molar-refractivity contribution >= 4 is 140 Å². The van der Waals surface area contributed by atoms with Crippen LogP contribution in [-0.4, -0.2) is 227 Å². The summed E-state index contributed by atoms with van der Waals surface area (Å²) in [5.74, 6) is -0.304. The van der Waals surface area contributed by atoms with Crippen molar-refractivity contribution in [3.8, 4) is 0 Å². The number of aliphatic hydroxyl groups is 1. The van der Waals surface area contributed by atoms with E-state index in [1.807, 2.05) is 0 Å². The van der Waals surface area contributed by atoms with Crippen LogP contribution < -0.4 is 86.8 Å². The first-order valence-electron chi connectivity index (χ1n) is 39.8. The third-order valence-electron chi connectivity index (χ3n) is 23.9. The van der Waals surface area contributed by atoms with Crippen LogP contribution in [0.1, 0.15) is 105 Å². The molecule has 6 bridgehead atoms. The van der Waals surface area contributed by atoms with Crippen molar-refractivity contribution in [2.24, 2.45) is 0 Å². The number of imidazole rings is 1. The number of hydrogen-bond donors (Lipinski definition) is 7. The first-order chi connectivity index (χ1) is 61.9. The zero-order valence-corrected chi connectivity index (χ0v) is 80.3. The lowest BCUT2D eigenvalue weighted by molar-refractivity contribution is -0.240. The molecule has 0 radical (unpaired) electrons. The lowest BCUT2D eigenvalue weighted by Gasteiger charge is -2.42. The monoisotopic (exact) mass is 2080 g/mol. The van der Waals surface area contributed by atoms with E-state index in [9.17, 15) is 63.0 Å². The van der Waals surface area contributed by atoms with Crippen LogP contribution in [0.25, 0.3) is 11.2 Å². The second-order valence-electron chi connectivity index (χ2n) is 32.2. The molecule has 0 spiro atoms. The van der Waals surface area contributed by atoms with Gasteiger partial charge in [-0.05, 0) is 55.4 Å². The van der Waals surface area contributed by atoms with E-state index in [1.54, 1.807) is 6.92 Å². The minimum Gasteiger partial charge on any atom is -0.780 e. The average Bonchev–Trinajstić information content (AvgIpc) is 1.55. The Morgan fingerprint density at radius 1 is 0.470 bits per heavy atom. The zero-order chi connectivity index (χ0) is 95.3. The number of rotatable bonds is 35. The van der Waals surface area contributed by atoms with Gasteiger partial charge in [0.15, 0.2) is 36.9 Å². The van der Waals surface area contributed by atoms with Gasteiger partial charge in [0.2, 0.25) is 0 Å². The summed E-state index contributed by atoms with van der Waals surface area (Å²) in [6.45, 7) is -23.3. The number of aromatic nitrogens is 14. The molecule has 724 valence electrons. The largest absolute Gasteiger partial charge is 0.780 e. The quantitative estimate of drug-likeness (QED) is 0.0147. The smallest absolute Gasteiger partial charge is 0.351 e. The molecule has 30 atom stereocenters. The maximum atomic E-state index is 15.5. The molecule has 10 N–H and O–H groups in total. The number of nitrogens with zero attached hydrogens (tertiary/aromatic N) is 11. The lowest BCUT2D eigenvalue weighted by Crippen LogP contribution is -2.52. The average molecular weight is 2080 g/mol. The van der Waals surface area contributed by atoms with E-state index in [-0.39, 0.29) is 57.3 Å². The predicted molar refractivity (Wildman–Crippen MR) is 460 cm³/mol. The van der Waals surface area contributed by atoms with E-state index in [4.69, 9.17) is 185 Å². The number of fused-ring (bicyclic) bond motifs is 7. The summed E-state index contributed by atoms with van der Waals surface area (Å²) >= 11 is 32.8. The molecule has 0 aliphatic carbocycles. The van der Waals surface area contributed by atoms with Crippen molar-refractivity contribution in [1.82, 2.24) is 67.3 Å². The van der Waals surface area contributed by atoms with Crippen LogP contribution in [0.5, 0.6) is 0 Å². The Balaban J connectivity index is 0.645. The molecule has 132 heavy (non-hydrogen) atoms. The summed E-state index contributed by atoms with van der Waals surface area (Å²) in [5, 5.41) is 11.0. The van der Waals surface area contributed by atoms with Crippen LogP contribution in [0.4, 0.5) is 17.5 Å². The van der Waals surface area contributed by atoms with E-state index < -0.39 is 284 Å². The van der Waals surface area contributed by atoms with Gasteiger partial charge in [-0.1, -0.05) is 59.0 Å². The molecular formula is C67H83N17O36P6S6-6. The van der Waals surface area contributed by atoms with Gasteiger partial charge in [0, 0.05) is 85.2 Å². The van der Waals surface area contributed by atoms with Crippen molar-refractivity contribution in [3.05, 3.63) is 155 Å². The third kappa shape index (κ3) is 19.4. The second kappa shape index (κ2) is 37.3. The van der Waals surface area contributed by atoms with Crippen LogP contribution >= 0.6 is 40.4 Å². The Morgan fingerprint density at radius 2 is 0.818 bits per heavy atom. The zero-order valence-electron chi connectivity index (χ0n) is 70.0. The fourth-order valence-electron chi connectivity index (χ4n) is 17.0. The highest BCUT2D eigenvalue weighted by Gasteiger charge is 2.72. The van der Waals surface area contributed by atoms with Gasteiger partial charge in [-0.25, -0.2) is 38.9 Å². The summed E-state index contributed by atoms with van der Waals surface area (Å²) in [6.07, 6.45) is -23.2. The topological polar surface area (TPSA) is 702 Å². The molecule has 7 aromatic heterocycles. The summed E-state index contributed by atoms with van der Waals surface area (Å²) < 4.78 is 150. The van der Waals surface area contributed by atoms with Gasteiger partial charge in [-0.2, -0.15) is 9.97 Å². The normalized spacial score (nSPS) is 34.5. The molecule has 9 saturated heterocycles. The van der Waals surface area contributed by atoms with Crippen molar-refractivity contribution in [3.63, 3.8) is 0 Å². The predicted octanol–water partition coefficient (Wildman–Crippen LogP) is -4.08. The maximum Gasteiger partial charge on any atom is 0.351 e. The first kappa shape index (κ1) is 99.5. The second-order valence-corrected chi connectivity index (χ2v) is 48.5. The highest BCUT2D eigenvalue weighted by Crippen LogP contribution is 2.64. The molecule has 0 saturated carbocycles. The number of nitrogens with two attached hydrogens (primary N) is 3. The SMILES string of the molecule is COP([O-])(=S)OC1C[C@H](n2cc(C)c(=O)[nH]c2=O)O[C@@H]1COP([O-])(=S)OC1C[C@H](n2cc(C)c(=O)[nH]c2=O)O[C@@H]1COP([O-])(=S)OC1C[C@H](n2cc(C)c(=O)[nH]c2=O)O[C@@H]1COP([O-])(=S)OC1[C@@H]2O[C@@H](C)[C@]1(COP(=O)([S-])OC1[C@@H]3O[C@@H](C)[C@]1(COP([O-])(=S)OC1[C@@H]4O[C@@H](C)[C@]1(CO)O[C@H]4n1cc(C)c(N)nc1=O)O[C@H]3n1cc(C)c(N)nc1=O)O[C@H]2n1cnc2c(N)ncnc21. The summed E-state index contributed by atoms with van der Waals surface area (Å²) in [4.78, 5) is 204. The Hall–Kier alpha value is -5.50. The number of nitrogens with one attached hydrogen (secondary N) is 3. The minimum atomic E-state index is -5.20. The molecule has 9 aliphatic rings. The molecule has 0 amide bonds. The molecule has 0 aromatic carbocycles. The Morgan fingerprint density at radius 3 is 1.23 bits per heavy atom. The van der Waals surface area contributed by atoms with Crippen LogP contribution in [0.2, 0.25) is 0 Å². The van der Waals surface area contributed by atoms with Gasteiger partial charge in [0.25, 0.3) is 16.7 Å². The van der Waals surface area contributed by atoms with Crippen molar-refractivity contribution in [2.45, 2.75) is 220 Å². The van der Waals surface area contributed by atoms with E-state index in [0.717, 1.165) is 48.7 Å². The maximum absolute atomic E-state index is 15.5. The van der Waals surface area contributed by atoms with Crippen LogP contribution in [-0.2, 0) is 173 Å². The molecule has 9 fully saturated rings. The Kier molecular flexibility index (Phi) is 28.1. The molecule has 65 heteroatoms. The number of aliphatic hydroxyl groups excluding tert-OH is 1. The standard InChI is InChI=1S/C67H89N17O36P6S6/c1-26-13-82(60(89)74-50(26)68)57-44-47(65(21-85,112-57)31(6)106-44)118-125(98,131)104-22-66-32(7)107-45(58(113-66)83-14-27(2)51(69)75-61(83)90)48(66)120-126(99,132)105-23-67-33(8)108-46(59(114-67)84-25-73-43-52(70)71-24-72-53(43)84)49(67)119-124(97,130)103-20-39-36(12-42(111-39)81-17-30(5)56(88)78-64(81)93)117-123(96,129)102-19-38-35(11-41(110-38)80-16-29(4)55(87)77-63(80)92)116-122(95,128)101-18-37-34(115-121(94,127)100-9)10-40(109-37)79-15-28(3)54(86)76-62(79)91/h13-17,24-25,31-42,44-49,57-59,85H,10-12,18-23H2,1-9H3,(H,94,127)(H,95,128)(H,96,129)(H,97,130)(H,98,131)(H,99,132)(H2,68,74,89)(H2,69,75,90)(H2,70,71,72)(H,76,86,91)(H,77,87,92)(H,78,88,93)/p-6/t31-,32-,33-,34?,35?,36?,37+,38+,39+,40+,41+,42+,44-,45-,46-,47?,48?,49?,57+,58+,59+,65-,66-,67-,121?,122?,123?,124?,125?,126?/m0/s1. The highest BCUT2D eigenvalue weighted by atomic mass is 32.7. The Bertz CT molecular complexity index is 6540. The van der Waals surface area contributed by atoms with Gasteiger partial charge in [0.05, 0.1) is 82.6 Å². The number of ether oxygens (including phenoxy) is 9. The molecular weight excluding hydrogens is 2000 g/mol. The van der Waals surface area contributed by atoms with Crippen LogP contribution in [0, 0.1) is 34.6 Å².